The van der Waals surface area contributed by atoms with E-state index < -0.39 is 0 Å². The Kier molecular flexibility index (Phi) is 6.97. The molecule has 3 heterocycles. The van der Waals surface area contributed by atoms with Gasteiger partial charge in [0.2, 0.25) is 11.8 Å². The molecule has 0 bridgehead atoms. The van der Waals surface area contributed by atoms with E-state index in [4.69, 9.17) is 4.74 Å². The summed E-state index contributed by atoms with van der Waals surface area (Å²) in [7, 11) is 0. The van der Waals surface area contributed by atoms with Crippen molar-refractivity contribution < 1.29 is 14.3 Å². The van der Waals surface area contributed by atoms with Crippen molar-refractivity contribution >= 4 is 11.8 Å². The van der Waals surface area contributed by atoms with Crippen LogP contribution in [0, 0.1) is 18.8 Å². The molecule has 0 aliphatic carbocycles. The lowest BCUT2D eigenvalue weighted by Gasteiger charge is -2.25. The Labute approximate surface area is 186 Å². The van der Waals surface area contributed by atoms with Crippen LogP contribution < -0.4 is 5.32 Å². The van der Waals surface area contributed by atoms with E-state index in [2.05, 4.69) is 41.4 Å². The van der Waals surface area contributed by atoms with Crippen LogP contribution >= 0.6 is 0 Å². The highest BCUT2D eigenvalue weighted by atomic mass is 16.5. The molecule has 3 aliphatic heterocycles. The van der Waals surface area contributed by atoms with Crippen LogP contribution in [0.2, 0.25) is 0 Å². The number of hydrogen-bond acceptors (Lipinski definition) is 4. The van der Waals surface area contributed by atoms with Crippen molar-refractivity contribution in [1.82, 2.24) is 15.1 Å². The number of nitrogens with one attached hydrogen (secondary N) is 1. The average Bonchev–Trinajstić information content (AvgIpc) is 3.43. The van der Waals surface area contributed by atoms with Crippen LogP contribution in [0.1, 0.15) is 50.7 Å². The normalized spacial score (nSPS) is 28.3. The minimum Gasteiger partial charge on any atom is -0.376 e. The van der Waals surface area contributed by atoms with Gasteiger partial charge in [0.05, 0.1) is 19.1 Å². The summed E-state index contributed by atoms with van der Waals surface area (Å²) in [6, 6.07) is 8.91. The summed E-state index contributed by atoms with van der Waals surface area (Å²) in [5.74, 6) is 0.786. The van der Waals surface area contributed by atoms with Gasteiger partial charge in [0.1, 0.15) is 0 Å². The lowest BCUT2D eigenvalue weighted by atomic mass is 9.84. The monoisotopic (exact) mass is 427 g/mol. The molecule has 4 rings (SSSR count). The van der Waals surface area contributed by atoms with Gasteiger partial charge in [-0.15, -0.1) is 0 Å². The zero-order valence-corrected chi connectivity index (χ0v) is 19.2. The number of benzene rings is 1. The van der Waals surface area contributed by atoms with Crippen molar-refractivity contribution in [2.45, 2.75) is 71.2 Å². The fourth-order valence-corrected chi connectivity index (χ4v) is 5.68. The molecule has 4 atom stereocenters. The third-order valence-corrected chi connectivity index (χ3v) is 7.20. The molecule has 0 aromatic heterocycles. The minimum absolute atomic E-state index is 0.0441. The first-order valence-electron chi connectivity index (χ1n) is 11.9. The van der Waals surface area contributed by atoms with Crippen molar-refractivity contribution in [2.24, 2.45) is 11.8 Å². The number of carbonyl (C=O) groups is 2. The van der Waals surface area contributed by atoms with Crippen molar-refractivity contribution in [3.63, 3.8) is 0 Å². The third-order valence-electron chi connectivity index (χ3n) is 7.20. The highest BCUT2D eigenvalue weighted by molar-refractivity contribution is 5.77. The second-order valence-electron chi connectivity index (χ2n) is 9.85. The Morgan fingerprint density at radius 1 is 1.16 bits per heavy atom. The van der Waals surface area contributed by atoms with E-state index in [1.807, 2.05) is 18.7 Å². The van der Waals surface area contributed by atoms with Gasteiger partial charge in [0, 0.05) is 50.6 Å². The SMILES string of the molecule is Cc1ccccc1CN1C[C@@H](CC(=O)N2CCCC2)[C@H]2[C@H](CC(=O)NC(C)C)OC[C@H]21. The lowest BCUT2D eigenvalue weighted by Crippen LogP contribution is -2.37. The Morgan fingerprint density at radius 2 is 1.90 bits per heavy atom. The van der Waals surface area contributed by atoms with Crippen molar-refractivity contribution in [2.75, 3.05) is 26.2 Å². The zero-order valence-electron chi connectivity index (χ0n) is 19.2. The summed E-state index contributed by atoms with van der Waals surface area (Å²) in [5.41, 5.74) is 2.62. The van der Waals surface area contributed by atoms with E-state index in [9.17, 15) is 9.59 Å². The fraction of sp³-hybridized carbons (Fsp3) is 0.680. The molecule has 3 fully saturated rings. The van der Waals surface area contributed by atoms with Gasteiger partial charge in [-0.1, -0.05) is 24.3 Å². The van der Waals surface area contributed by atoms with Crippen LogP contribution in [0.15, 0.2) is 24.3 Å². The first kappa shape index (κ1) is 22.3. The zero-order chi connectivity index (χ0) is 22.0. The Balaban J connectivity index is 1.49. The number of ether oxygens (including phenoxy) is 1. The van der Waals surface area contributed by atoms with E-state index in [0.717, 1.165) is 39.0 Å². The highest BCUT2D eigenvalue weighted by Crippen LogP contribution is 2.42. The molecule has 1 aromatic carbocycles. The van der Waals surface area contributed by atoms with E-state index in [1.165, 1.54) is 11.1 Å². The molecule has 3 aliphatic rings. The molecule has 0 unspecified atom stereocenters. The standard InChI is InChI=1S/C25H37N3O3/c1-17(2)26-23(29)13-22-25-20(12-24(30)27-10-6-7-11-27)15-28(21(25)16-31-22)14-19-9-5-4-8-18(19)3/h4-5,8-9,17,20-22,25H,6-7,10-16H2,1-3H3,(H,26,29)/t20-,21-,22+,25-/m1/s1. The second kappa shape index (κ2) is 9.70. The molecule has 1 N–H and O–H groups in total. The predicted molar refractivity (Wildman–Crippen MR) is 120 cm³/mol. The Hall–Kier alpha value is -1.92. The molecule has 31 heavy (non-hydrogen) atoms. The topological polar surface area (TPSA) is 61.9 Å². The van der Waals surface area contributed by atoms with E-state index in [-0.39, 0.29) is 41.8 Å². The quantitative estimate of drug-likeness (QED) is 0.727. The molecule has 2 amide bonds. The predicted octanol–water partition coefficient (Wildman–Crippen LogP) is 2.74. The van der Waals surface area contributed by atoms with Crippen LogP contribution in [-0.4, -0.2) is 66.0 Å². The summed E-state index contributed by atoms with van der Waals surface area (Å²) in [4.78, 5) is 30.0. The van der Waals surface area contributed by atoms with Gasteiger partial charge in [0.15, 0.2) is 0 Å². The van der Waals surface area contributed by atoms with E-state index in [1.54, 1.807) is 0 Å². The Bertz CT molecular complexity index is 790. The molecule has 1 aromatic rings. The van der Waals surface area contributed by atoms with Crippen molar-refractivity contribution in [3.8, 4) is 0 Å². The van der Waals surface area contributed by atoms with Gasteiger partial charge in [-0.25, -0.2) is 0 Å². The first-order valence-corrected chi connectivity index (χ1v) is 11.9. The molecular weight excluding hydrogens is 390 g/mol. The van der Waals surface area contributed by atoms with Gasteiger partial charge in [-0.2, -0.15) is 0 Å². The molecule has 0 radical (unpaired) electrons. The molecule has 170 valence electrons. The molecule has 6 nitrogen and oxygen atoms in total. The summed E-state index contributed by atoms with van der Waals surface area (Å²) in [5, 5.41) is 3.00. The lowest BCUT2D eigenvalue weighted by molar-refractivity contribution is -0.131. The smallest absolute Gasteiger partial charge is 0.222 e. The summed E-state index contributed by atoms with van der Waals surface area (Å²) in [6.45, 7) is 10.3. The van der Waals surface area contributed by atoms with Crippen LogP contribution in [0.3, 0.4) is 0 Å². The van der Waals surface area contributed by atoms with Crippen LogP contribution in [0.25, 0.3) is 0 Å². The summed E-state index contributed by atoms with van der Waals surface area (Å²) in [6.07, 6.45) is 3.07. The second-order valence-corrected chi connectivity index (χ2v) is 9.85. The first-order chi connectivity index (χ1) is 14.9. The fourth-order valence-electron chi connectivity index (χ4n) is 5.68. The van der Waals surface area contributed by atoms with Crippen LogP contribution in [-0.2, 0) is 20.9 Å². The molecule has 3 saturated heterocycles. The number of amides is 2. The minimum atomic E-state index is -0.109. The average molecular weight is 428 g/mol. The van der Waals surface area contributed by atoms with Crippen LogP contribution in [0.4, 0.5) is 0 Å². The maximum absolute atomic E-state index is 13.0. The number of fused-ring (bicyclic) bond motifs is 1. The number of carbonyl (C=O) groups excluding carboxylic acids is 2. The van der Waals surface area contributed by atoms with Gasteiger partial charge >= 0.3 is 0 Å². The van der Waals surface area contributed by atoms with Crippen molar-refractivity contribution in [3.05, 3.63) is 35.4 Å². The van der Waals surface area contributed by atoms with Crippen LogP contribution in [0.5, 0.6) is 0 Å². The number of hydrogen-bond donors (Lipinski definition) is 1. The maximum Gasteiger partial charge on any atom is 0.222 e. The molecule has 0 saturated carbocycles. The van der Waals surface area contributed by atoms with Gasteiger partial charge < -0.3 is 15.0 Å². The summed E-state index contributed by atoms with van der Waals surface area (Å²) < 4.78 is 6.18. The van der Waals surface area contributed by atoms with Gasteiger partial charge in [-0.3, -0.25) is 14.5 Å². The largest absolute Gasteiger partial charge is 0.376 e. The number of nitrogens with zero attached hydrogens (tertiary/aromatic N) is 2. The molecule has 6 heteroatoms. The highest BCUT2D eigenvalue weighted by Gasteiger charge is 2.51. The maximum atomic E-state index is 13.0. The van der Waals surface area contributed by atoms with E-state index >= 15 is 0 Å². The van der Waals surface area contributed by atoms with Crippen molar-refractivity contribution in [1.29, 1.82) is 0 Å². The Morgan fingerprint density at radius 3 is 2.61 bits per heavy atom. The summed E-state index contributed by atoms with van der Waals surface area (Å²) >= 11 is 0. The van der Waals surface area contributed by atoms with Gasteiger partial charge in [0.25, 0.3) is 0 Å². The molecular formula is C25H37N3O3. The number of likely N-dealkylation sites (tertiary alicyclic amines) is 2. The number of aryl methyl sites for hydroxylation is 1. The van der Waals surface area contributed by atoms with E-state index in [0.29, 0.717) is 19.4 Å². The number of rotatable bonds is 7. The third kappa shape index (κ3) is 5.12. The molecule has 0 spiro atoms. The van der Waals surface area contributed by atoms with Gasteiger partial charge in [-0.05, 0) is 50.7 Å².